The quantitative estimate of drug-likeness (QED) is 0.202. The molecule has 0 N–H and O–H groups in total. The number of unbranched alkanes of at least 4 members (excludes halogenated alkanes) is 2. The number of hydrogen-bond donors (Lipinski definition) is 0. The van der Waals surface area contributed by atoms with E-state index in [1.54, 1.807) is 0 Å². The van der Waals surface area contributed by atoms with Gasteiger partial charge < -0.3 is 0 Å². The van der Waals surface area contributed by atoms with E-state index < -0.39 is 28.3 Å². The number of thiocarbonyl (C=S) groups is 1. The first-order valence-electron chi connectivity index (χ1n) is 4.06. The molecular weight excluding hydrogens is 421 g/mol. The van der Waals surface area contributed by atoms with Crippen molar-refractivity contribution in [3.63, 3.8) is 0 Å². The second-order valence-corrected chi connectivity index (χ2v) is 8.71. The Kier molecular flexibility index (Phi) is 10.2. The van der Waals surface area contributed by atoms with Gasteiger partial charge in [0.05, 0.1) is 0 Å². The number of rotatable bonds is 7. The Labute approximate surface area is 103 Å². The summed E-state index contributed by atoms with van der Waals surface area (Å²) in [7, 11) is 1.20. The van der Waals surface area contributed by atoms with Crippen LogP contribution in [0.15, 0.2) is 0 Å². The average Bonchev–Trinajstić information content (AvgIpc) is 2.12. The van der Waals surface area contributed by atoms with Crippen molar-refractivity contribution in [2.75, 3.05) is 6.61 Å². The second-order valence-electron chi connectivity index (χ2n) is 2.31. The van der Waals surface area contributed by atoms with Gasteiger partial charge in [0, 0.05) is 0 Å². The number of ether oxygens (including phenoxy) is 1. The van der Waals surface area contributed by atoms with E-state index in [9.17, 15) is 10.1 Å². The minimum absolute atomic E-state index is 0.381. The first kappa shape index (κ1) is 14.4. The van der Waals surface area contributed by atoms with Gasteiger partial charge in [-0.1, -0.05) is 0 Å². The van der Waals surface area contributed by atoms with Crippen LogP contribution in [0.2, 0.25) is 0 Å². The zero-order valence-corrected chi connectivity index (χ0v) is 13.2. The molecule has 0 fully saturated rings. The molecule has 0 atom stereocenters. The second kappa shape index (κ2) is 9.90. The Morgan fingerprint density at radius 2 is 2.36 bits per heavy atom. The topological polar surface area (TPSA) is 61.6 Å². The monoisotopic (exact) mass is 433 g/mol. The third kappa shape index (κ3) is 10.4. The molecule has 8 heteroatoms. The molecule has 0 unspecified atom stereocenters. The molecule has 0 saturated heterocycles. The molecule has 0 saturated carbocycles. The fourth-order valence-electron chi connectivity index (χ4n) is 0.620. The van der Waals surface area contributed by atoms with Crippen molar-refractivity contribution in [3.05, 3.63) is 10.1 Å². The number of nitrogens with zero attached hydrogens (tertiary/aromatic N) is 1. The van der Waals surface area contributed by atoms with Crippen LogP contribution in [-0.2, 0) is 7.52 Å². The van der Waals surface area contributed by atoms with Gasteiger partial charge in [0.15, 0.2) is 0 Å². The van der Waals surface area contributed by atoms with E-state index in [2.05, 4.69) is 9.71 Å². The first-order chi connectivity index (χ1) is 6.66. The predicted octanol–water partition coefficient (Wildman–Crippen LogP) is 1.95. The van der Waals surface area contributed by atoms with Gasteiger partial charge in [-0.2, -0.15) is 0 Å². The zero-order chi connectivity index (χ0) is 10.8. The summed E-state index contributed by atoms with van der Waals surface area (Å²) >= 11 is 3.11. The Bertz CT molecular complexity index is 193. The van der Waals surface area contributed by atoms with Gasteiger partial charge in [0.25, 0.3) is 0 Å². The van der Waals surface area contributed by atoms with Crippen molar-refractivity contribution in [3.8, 4) is 0 Å². The van der Waals surface area contributed by atoms with Gasteiger partial charge in [-0.15, -0.1) is 0 Å². The number of hydrogen-bond acceptors (Lipinski definition) is 6. The molecular formula is C6H11NO4PbS2. The summed E-state index contributed by atoms with van der Waals surface area (Å²) in [4.78, 5) is 9.81. The van der Waals surface area contributed by atoms with Gasteiger partial charge in [-0.25, -0.2) is 0 Å². The van der Waals surface area contributed by atoms with Crippen LogP contribution in [-0.4, -0.2) is 39.3 Å². The van der Waals surface area contributed by atoms with Crippen molar-refractivity contribution in [2.45, 2.75) is 26.2 Å². The van der Waals surface area contributed by atoms with Gasteiger partial charge in [0.2, 0.25) is 0 Å². The van der Waals surface area contributed by atoms with Crippen LogP contribution >= 0.6 is 20.5 Å². The summed E-state index contributed by atoms with van der Waals surface area (Å²) < 4.78 is 9.80. The fourth-order valence-corrected chi connectivity index (χ4v) is 4.53. The van der Waals surface area contributed by atoms with Crippen LogP contribution in [0.5, 0.6) is 0 Å². The molecule has 0 aromatic carbocycles. The Hall–Kier alpha value is 0.362. The predicted molar refractivity (Wildman–Crippen MR) is 59.5 cm³/mol. The molecule has 0 aromatic heterocycles. The standard InChI is InChI=1S/C6H12OS2.NO3.Pb/c1-2-3-4-5-7-6(8)9;2-1(3)4;/h2-5H2,1H3,(H,8,9);;/q;-1;+2/p-1. The van der Waals surface area contributed by atoms with Crippen molar-refractivity contribution >= 4 is 48.1 Å². The molecule has 0 aliphatic heterocycles. The van der Waals surface area contributed by atoms with E-state index in [1.807, 2.05) is 0 Å². The van der Waals surface area contributed by atoms with Gasteiger partial charge >= 0.3 is 104 Å². The van der Waals surface area contributed by atoms with Crippen molar-refractivity contribution in [1.29, 1.82) is 0 Å². The Balaban J connectivity index is 3.24. The van der Waals surface area contributed by atoms with Crippen LogP contribution in [0.3, 0.4) is 0 Å². The molecule has 0 aliphatic carbocycles. The van der Waals surface area contributed by atoms with Gasteiger partial charge in [0.1, 0.15) is 0 Å². The normalized spacial score (nSPS) is 9.50. The van der Waals surface area contributed by atoms with Crippen LogP contribution < -0.4 is 0 Å². The average molecular weight is 432 g/mol. The van der Waals surface area contributed by atoms with E-state index in [4.69, 9.17) is 17.0 Å². The summed E-state index contributed by atoms with van der Waals surface area (Å²) in [6, 6.07) is 0. The van der Waals surface area contributed by atoms with Crippen molar-refractivity contribution in [1.82, 2.24) is 0 Å². The molecule has 0 amide bonds. The molecule has 2 radical (unpaired) electrons. The first-order valence-corrected chi connectivity index (χ1v) is 11.6. The van der Waals surface area contributed by atoms with E-state index in [-0.39, 0.29) is 0 Å². The molecule has 0 heterocycles. The van der Waals surface area contributed by atoms with Crippen molar-refractivity contribution < 1.29 is 12.6 Å². The van der Waals surface area contributed by atoms with Crippen LogP contribution in [0.4, 0.5) is 0 Å². The molecule has 0 aliphatic rings. The maximum atomic E-state index is 9.81. The molecule has 0 rings (SSSR count). The Morgan fingerprint density at radius 1 is 1.64 bits per heavy atom. The molecule has 5 nitrogen and oxygen atoms in total. The minimum atomic E-state index is -1.74. The fraction of sp³-hybridized carbons (Fsp3) is 0.833. The van der Waals surface area contributed by atoms with Gasteiger partial charge in [-0.05, 0) is 0 Å². The van der Waals surface area contributed by atoms with Crippen LogP contribution in [0.1, 0.15) is 26.2 Å². The zero-order valence-electron chi connectivity index (χ0n) is 7.73. The third-order valence-corrected chi connectivity index (χ3v) is 8.32. The molecule has 80 valence electrons. The Morgan fingerprint density at radius 3 is 2.93 bits per heavy atom. The van der Waals surface area contributed by atoms with E-state index in [0.717, 1.165) is 19.3 Å². The van der Waals surface area contributed by atoms with Crippen LogP contribution in [0, 0.1) is 10.1 Å². The molecule has 0 spiro atoms. The van der Waals surface area contributed by atoms with E-state index in [1.165, 1.54) is 8.31 Å². The third-order valence-electron chi connectivity index (χ3n) is 1.20. The summed E-state index contributed by atoms with van der Waals surface area (Å²) in [5, 5.41) is 9.05. The SMILES string of the molecule is CCCCCOC(=S)[S][Pb][O][N+](=O)[O-]. The van der Waals surface area contributed by atoms with Crippen molar-refractivity contribution in [2.24, 2.45) is 0 Å². The summed E-state index contributed by atoms with van der Waals surface area (Å²) in [6.45, 7) is 2.70. The van der Waals surface area contributed by atoms with Gasteiger partial charge in [-0.3, -0.25) is 0 Å². The molecule has 0 bridgehead atoms. The molecule has 0 aromatic rings. The summed E-state index contributed by atoms with van der Waals surface area (Å²) in [5.74, 6) is 0. The summed E-state index contributed by atoms with van der Waals surface area (Å²) in [6.07, 6.45) is 3.22. The van der Waals surface area contributed by atoms with E-state index in [0.29, 0.717) is 11.0 Å². The van der Waals surface area contributed by atoms with Crippen LogP contribution in [0.25, 0.3) is 0 Å². The maximum absolute atomic E-state index is 9.81. The summed E-state index contributed by atoms with van der Waals surface area (Å²) in [5.41, 5.74) is 0. The van der Waals surface area contributed by atoms with E-state index >= 15 is 0 Å². The molecule has 14 heavy (non-hydrogen) atoms.